The summed E-state index contributed by atoms with van der Waals surface area (Å²) in [5, 5.41) is 9.63. The molecule has 1 atom stereocenters. The lowest BCUT2D eigenvalue weighted by Gasteiger charge is -2.27. The van der Waals surface area contributed by atoms with Crippen LogP contribution >= 0.6 is 15.9 Å². The molecule has 1 aliphatic rings. The number of carbonyl (C=O) groups is 3. The number of benzene rings is 1. The largest absolute Gasteiger partial charge is 0.463 e. The SMILES string of the molecule is CCOC(=O)C1=C(C)NC(=O)NC1c1cn(-c2ccc(Br)cc2)nc1C(=O)OCC. The summed E-state index contributed by atoms with van der Waals surface area (Å²) in [4.78, 5) is 37.4. The number of carbonyl (C=O) groups excluding carboxylic acids is 3. The van der Waals surface area contributed by atoms with Gasteiger partial charge in [0.15, 0.2) is 5.69 Å². The zero-order valence-electron chi connectivity index (χ0n) is 16.7. The molecule has 30 heavy (non-hydrogen) atoms. The highest BCUT2D eigenvalue weighted by molar-refractivity contribution is 9.10. The first-order valence-electron chi connectivity index (χ1n) is 9.33. The summed E-state index contributed by atoms with van der Waals surface area (Å²) in [6.45, 7) is 5.29. The minimum Gasteiger partial charge on any atom is -0.463 e. The summed E-state index contributed by atoms with van der Waals surface area (Å²) < 4.78 is 12.7. The van der Waals surface area contributed by atoms with Gasteiger partial charge in [-0.2, -0.15) is 5.10 Å². The molecular weight excluding hydrogens is 456 g/mol. The number of rotatable bonds is 6. The first kappa shape index (κ1) is 21.6. The summed E-state index contributed by atoms with van der Waals surface area (Å²) in [5.41, 5.74) is 1.55. The normalized spacial score (nSPS) is 16.0. The number of hydrogen-bond donors (Lipinski definition) is 2. The molecule has 0 radical (unpaired) electrons. The van der Waals surface area contributed by atoms with Gasteiger partial charge in [0.25, 0.3) is 0 Å². The molecule has 2 aromatic rings. The van der Waals surface area contributed by atoms with Crippen LogP contribution in [0.3, 0.4) is 0 Å². The second-order valence-corrected chi connectivity index (χ2v) is 7.28. The topological polar surface area (TPSA) is 112 Å². The molecule has 0 bridgehead atoms. The maximum atomic E-state index is 12.6. The van der Waals surface area contributed by atoms with Gasteiger partial charge in [-0.25, -0.2) is 19.1 Å². The third-order valence-corrected chi connectivity index (χ3v) is 4.91. The Kier molecular flexibility index (Phi) is 6.56. The molecule has 0 fully saturated rings. The van der Waals surface area contributed by atoms with Crippen molar-refractivity contribution >= 4 is 33.9 Å². The first-order valence-corrected chi connectivity index (χ1v) is 10.1. The smallest absolute Gasteiger partial charge is 0.359 e. The van der Waals surface area contributed by atoms with E-state index in [-0.39, 0.29) is 24.5 Å². The predicted octanol–water partition coefficient (Wildman–Crippen LogP) is 3.00. The zero-order chi connectivity index (χ0) is 21.8. The molecule has 0 saturated heterocycles. The molecule has 1 aromatic heterocycles. The quantitative estimate of drug-likeness (QED) is 0.619. The van der Waals surface area contributed by atoms with Gasteiger partial charge in [-0.1, -0.05) is 15.9 Å². The summed E-state index contributed by atoms with van der Waals surface area (Å²) in [7, 11) is 0. The van der Waals surface area contributed by atoms with Crippen molar-refractivity contribution < 1.29 is 23.9 Å². The predicted molar refractivity (Wildman–Crippen MR) is 111 cm³/mol. The number of halogens is 1. The minimum atomic E-state index is -0.929. The van der Waals surface area contributed by atoms with Gasteiger partial charge in [-0.05, 0) is 45.0 Å². The third kappa shape index (κ3) is 4.38. The number of hydrogen-bond acceptors (Lipinski definition) is 6. The molecule has 0 saturated carbocycles. The van der Waals surface area contributed by atoms with Crippen LogP contribution in [0.4, 0.5) is 4.79 Å². The number of amides is 2. The first-order chi connectivity index (χ1) is 14.3. The average molecular weight is 477 g/mol. The number of urea groups is 1. The molecule has 158 valence electrons. The monoisotopic (exact) mass is 476 g/mol. The number of allylic oxidation sites excluding steroid dienone is 1. The van der Waals surface area contributed by atoms with Gasteiger partial charge >= 0.3 is 18.0 Å². The highest BCUT2D eigenvalue weighted by Gasteiger charge is 2.36. The Balaban J connectivity index is 2.14. The van der Waals surface area contributed by atoms with Gasteiger partial charge < -0.3 is 20.1 Å². The second kappa shape index (κ2) is 9.12. The van der Waals surface area contributed by atoms with Crippen molar-refractivity contribution in [3.8, 4) is 5.69 Å². The molecular formula is C20H21BrN4O5. The summed E-state index contributed by atoms with van der Waals surface area (Å²) in [5.74, 6) is -1.25. The van der Waals surface area contributed by atoms with Crippen LogP contribution in [0.25, 0.3) is 5.69 Å². The van der Waals surface area contributed by atoms with Crippen LogP contribution in [0.5, 0.6) is 0 Å². The number of nitrogens with zero attached hydrogens (tertiary/aromatic N) is 2. The van der Waals surface area contributed by atoms with E-state index in [1.807, 2.05) is 24.3 Å². The van der Waals surface area contributed by atoms with Crippen LogP contribution in [0.2, 0.25) is 0 Å². The molecule has 2 amide bonds. The zero-order valence-corrected chi connectivity index (χ0v) is 18.3. The van der Waals surface area contributed by atoms with Gasteiger partial charge in [0.1, 0.15) is 0 Å². The Morgan fingerprint density at radius 2 is 1.77 bits per heavy atom. The van der Waals surface area contributed by atoms with Crippen LogP contribution in [0.15, 0.2) is 46.2 Å². The number of esters is 2. The number of nitrogens with one attached hydrogen (secondary N) is 2. The second-order valence-electron chi connectivity index (χ2n) is 6.37. The maximum Gasteiger partial charge on any atom is 0.359 e. The van der Waals surface area contributed by atoms with Gasteiger partial charge in [0.2, 0.25) is 0 Å². The van der Waals surface area contributed by atoms with Gasteiger partial charge in [0, 0.05) is 21.9 Å². The Morgan fingerprint density at radius 1 is 1.13 bits per heavy atom. The molecule has 3 rings (SSSR count). The molecule has 10 heteroatoms. The van der Waals surface area contributed by atoms with Crippen LogP contribution in [0.1, 0.15) is 42.9 Å². The van der Waals surface area contributed by atoms with Crippen LogP contribution < -0.4 is 10.6 Å². The van der Waals surface area contributed by atoms with E-state index in [2.05, 4.69) is 31.7 Å². The van der Waals surface area contributed by atoms with Crippen LogP contribution in [-0.4, -0.2) is 41.0 Å². The Morgan fingerprint density at radius 3 is 2.40 bits per heavy atom. The van der Waals surface area contributed by atoms with E-state index in [0.717, 1.165) is 4.47 Å². The molecule has 9 nitrogen and oxygen atoms in total. The van der Waals surface area contributed by atoms with Crippen molar-refractivity contribution in [1.29, 1.82) is 0 Å². The Labute approximate surface area is 181 Å². The molecule has 1 unspecified atom stereocenters. The minimum absolute atomic E-state index is 0.00145. The molecule has 1 aliphatic heterocycles. The average Bonchev–Trinajstić information content (AvgIpc) is 3.13. The fourth-order valence-electron chi connectivity index (χ4n) is 3.09. The molecule has 0 aliphatic carbocycles. The molecule has 0 spiro atoms. The maximum absolute atomic E-state index is 12.6. The van der Waals surface area contributed by atoms with Crippen LogP contribution in [-0.2, 0) is 14.3 Å². The summed E-state index contributed by atoms with van der Waals surface area (Å²) >= 11 is 3.38. The van der Waals surface area contributed by atoms with Crippen molar-refractivity contribution in [3.63, 3.8) is 0 Å². The Hall–Kier alpha value is -3.14. The van der Waals surface area contributed by atoms with Crippen molar-refractivity contribution in [1.82, 2.24) is 20.4 Å². The van der Waals surface area contributed by atoms with E-state index in [9.17, 15) is 14.4 Å². The van der Waals surface area contributed by atoms with Gasteiger partial charge in [-0.3, -0.25) is 0 Å². The van der Waals surface area contributed by atoms with E-state index in [4.69, 9.17) is 9.47 Å². The number of ether oxygens (including phenoxy) is 2. The lowest BCUT2D eigenvalue weighted by atomic mass is 9.96. The van der Waals surface area contributed by atoms with E-state index in [0.29, 0.717) is 16.9 Å². The van der Waals surface area contributed by atoms with Crippen molar-refractivity contribution in [2.45, 2.75) is 26.8 Å². The third-order valence-electron chi connectivity index (χ3n) is 4.38. The van der Waals surface area contributed by atoms with Gasteiger partial charge in [0.05, 0.1) is 30.5 Å². The highest BCUT2D eigenvalue weighted by Crippen LogP contribution is 2.31. The van der Waals surface area contributed by atoms with E-state index >= 15 is 0 Å². The van der Waals surface area contributed by atoms with E-state index in [1.54, 1.807) is 27.0 Å². The van der Waals surface area contributed by atoms with E-state index < -0.39 is 24.0 Å². The molecule has 2 N–H and O–H groups in total. The number of aromatic nitrogens is 2. The lowest BCUT2D eigenvalue weighted by Crippen LogP contribution is -2.45. The fraction of sp³-hybridized carbons (Fsp3) is 0.300. The lowest BCUT2D eigenvalue weighted by molar-refractivity contribution is -0.139. The standard InChI is InChI=1S/C20H21BrN4O5/c1-4-29-18(26)15-11(3)22-20(28)23-16(15)14-10-25(13-8-6-12(21)7-9-13)24-17(14)19(27)30-5-2/h6-10,16H,4-5H2,1-3H3,(H2,22,23,28). The van der Waals surface area contributed by atoms with Crippen molar-refractivity contribution in [3.05, 3.63) is 57.5 Å². The summed E-state index contributed by atoms with van der Waals surface area (Å²) in [6.07, 6.45) is 1.60. The Bertz CT molecular complexity index is 1010. The summed E-state index contributed by atoms with van der Waals surface area (Å²) in [6, 6.07) is 5.86. The van der Waals surface area contributed by atoms with Crippen molar-refractivity contribution in [2.75, 3.05) is 13.2 Å². The molecule has 2 heterocycles. The fourth-order valence-corrected chi connectivity index (χ4v) is 3.35. The van der Waals surface area contributed by atoms with Crippen molar-refractivity contribution in [2.24, 2.45) is 0 Å². The van der Waals surface area contributed by atoms with Crippen LogP contribution in [0, 0.1) is 0 Å². The highest BCUT2D eigenvalue weighted by atomic mass is 79.9. The molecule has 1 aromatic carbocycles. The van der Waals surface area contributed by atoms with E-state index in [1.165, 1.54) is 4.68 Å². The van der Waals surface area contributed by atoms with Gasteiger partial charge in [-0.15, -0.1) is 0 Å².